The second-order valence-electron chi connectivity index (χ2n) is 4.18. The second kappa shape index (κ2) is 5.76. The maximum Gasteiger partial charge on any atom is 0.274 e. The first-order valence-electron chi connectivity index (χ1n) is 5.78. The number of benzene rings is 1. The highest BCUT2D eigenvalue weighted by Crippen LogP contribution is 2.33. The maximum atomic E-state index is 11.9. The van der Waals surface area contributed by atoms with E-state index in [0.29, 0.717) is 28.7 Å². The SMILES string of the molecule is COc1cc(Cl)c(CC2=NC(=S)N(C)C2=O)cc1OC. The van der Waals surface area contributed by atoms with E-state index in [0.717, 1.165) is 5.56 Å². The van der Waals surface area contributed by atoms with Crippen molar-refractivity contribution in [3.8, 4) is 11.5 Å². The Hall–Kier alpha value is -1.66. The average molecular weight is 313 g/mol. The molecule has 1 aliphatic heterocycles. The third kappa shape index (κ3) is 2.62. The van der Waals surface area contributed by atoms with Crippen molar-refractivity contribution in [1.29, 1.82) is 0 Å². The van der Waals surface area contributed by atoms with Crippen molar-refractivity contribution >= 4 is 40.6 Å². The summed E-state index contributed by atoms with van der Waals surface area (Å²) >= 11 is 11.2. The predicted molar refractivity (Wildman–Crippen MR) is 81.1 cm³/mol. The highest BCUT2D eigenvalue weighted by molar-refractivity contribution is 7.80. The molecule has 1 aromatic rings. The van der Waals surface area contributed by atoms with Crippen molar-refractivity contribution in [2.45, 2.75) is 6.42 Å². The molecule has 0 bridgehead atoms. The molecule has 1 aromatic carbocycles. The van der Waals surface area contributed by atoms with Gasteiger partial charge in [0, 0.05) is 24.6 Å². The molecule has 1 amide bonds. The molecule has 7 heteroatoms. The molecule has 5 nitrogen and oxygen atoms in total. The van der Waals surface area contributed by atoms with Crippen LogP contribution in [0.1, 0.15) is 5.56 Å². The summed E-state index contributed by atoms with van der Waals surface area (Å²) < 4.78 is 10.4. The number of halogens is 1. The number of nitrogens with zero attached hydrogens (tertiary/aromatic N) is 2. The lowest BCUT2D eigenvalue weighted by atomic mass is 10.1. The summed E-state index contributed by atoms with van der Waals surface area (Å²) in [7, 11) is 4.67. The fourth-order valence-electron chi connectivity index (χ4n) is 1.85. The maximum absolute atomic E-state index is 11.9. The summed E-state index contributed by atoms with van der Waals surface area (Å²) in [6.07, 6.45) is 0.294. The molecule has 0 aromatic heterocycles. The van der Waals surface area contributed by atoms with Gasteiger partial charge >= 0.3 is 0 Å². The van der Waals surface area contributed by atoms with Crippen LogP contribution in [0.3, 0.4) is 0 Å². The zero-order chi connectivity index (χ0) is 14.9. The molecule has 0 saturated heterocycles. The lowest BCUT2D eigenvalue weighted by molar-refractivity contribution is -0.119. The first-order chi connectivity index (χ1) is 9.47. The summed E-state index contributed by atoms with van der Waals surface area (Å²) in [6.45, 7) is 0. The van der Waals surface area contributed by atoms with Crippen molar-refractivity contribution in [2.75, 3.05) is 21.3 Å². The zero-order valence-corrected chi connectivity index (χ0v) is 12.8. The Bertz CT molecular complexity index is 616. The third-order valence-corrected chi connectivity index (χ3v) is 3.70. The van der Waals surface area contributed by atoms with E-state index >= 15 is 0 Å². The molecular weight excluding hydrogens is 300 g/mol. The van der Waals surface area contributed by atoms with E-state index < -0.39 is 0 Å². The van der Waals surface area contributed by atoms with E-state index in [1.54, 1.807) is 19.2 Å². The van der Waals surface area contributed by atoms with E-state index in [2.05, 4.69) is 4.99 Å². The Morgan fingerprint density at radius 1 is 1.30 bits per heavy atom. The largest absolute Gasteiger partial charge is 0.493 e. The number of rotatable bonds is 4. The van der Waals surface area contributed by atoms with Gasteiger partial charge in [0.1, 0.15) is 5.71 Å². The van der Waals surface area contributed by atoms with Gasteiger partial charge in [-0.25, -0.2) is 4.99 Å². The van der Waals surface area contributed by atoms with E-state index in [-0.39, 0.29) is 11.0 Å². The number of amides is 1. The summed E-state index contributed by atoms with van der Waals surface area (Å²) in [5.74, 6) is 0.878. The topological polar surface area (TPSA) is 51.1 Å². The van der Waals surface area contributed by atoms with Crippen LogP contribution in [-0.4, -0.2) is 42.9 Å². The minimum absolute atomic E-state index is 0.208. The smallest absolute Gasteiger partial charge is 0.274 e. The third-order valence-electron chi connectivity index (χ3n) is 2.98. The molecule has 0 radical (unpaired) electrons. The van der Waals surface area contributed by atoms with Gasteiger partial charge in [-0.15, -0.1) is 0 Å². The molecule has 0 N–H and O–H groups in total. The quantitative estimate of drug-likeness (QED) is 0.799. The van der Waals surface area contributed by atoms with Crippen molar-refractivity contribution in [3.63, 3.8) is 0 Å². The molecule has 0 fully saturated rings. The van der Waals surface area contributed by atoms with Gasteiger partial charge in [0.05, 0.1) is 14.2 Å². The fourth-order valence-corrected chi connectivity index (χ4v) is 2.26. The first-order valence-corrected chi connectivity index (χ1v) is 6.56. The van der Waals surface area contributed by atoms with E-state index in [1.807, 2.05) is 0 Å². The Morgan fingerprint density at radius 3 is 2.40 bits per heavy atom. The summed E-state index contributed by atoms with van der Waals surface area (Å²) in [4.78, 5) is 17.3. The molecule has 1 heterocycles. The van der Waals surface area contributed by atoms with Crippen LogP contribution in [0.4, 0.5) is 0 Å². The van der Waals surface area contributed by atoms with Crippen LogP contribution in [0.25, 0.3) is 0 Å². The van der Waals surface area contributed by atoms with Crippen LogP contribution in [0, 0.1) is 0 Å². The minimum Gasteiger partial charge on any atom is -0.493 e. The van der Waals surface area contributed by atoms with Gasteiger partial charge in [-0.2, -0.15) is 0 Å². The van der Waals surface area contributed by atoms with Gasteiger partial charge in [-0.1, -0.05) is 11.6 Å². The van der Waals surface area contributed by atoms with Gasteiger partial charge in [0.15, 0.2) is 11.5 Å². The number of aliphatic imine (C=N–C) groups is 1. The van der Waals surface area contributed by atoms with E-state index in [4.69, 9.17) is 33.3 Å². The van der Waals surface area contributed by atoms with Crippen LogP contribution in [0.5, 0.6) is 11.5 Å². The second-order valence-corrected chi connectivity index (χ2v) is 4.95. The molecular formula is C13H13ClN2O3S. The van der Waals surface area contributed by atoms with Crippen molar-refractivity contribution < 1.29 is 14.3 Å². The zero-order valence-electron chi connectivity index (χ0n) is 11.3. The number of hydrogen-bond acceptors (Lipinski definition) is 4. The number of carbonyl (C=O) groups excluding carboxylic acids is 1. The van der Waals surface area contributed by atoms with Crippen LogP contribution in [-0.2, 0) is 11.2 Å². The molecule has 2 rings (SSSR count). The molecule has 106 valence electrons. The number of thiocarbonyl (C=S) groups is 1. The normalized spacial score (nSPS) is 14.6. The molecule has 0 atom stereocenters. The van der Waals surface area contributed by atoms with Crippen LogP contribution in [0.2, 0.25) is 5.02 Å². The van der Waals surface area contributed by atoms with E-state index in [9.17, 15) is 4.79 Å². The Balaban J connectivity index is 2.33. The van der Waals surface area contributed by atoms with Crippen LogP contribution >= 0.6 is 23.8 Å². The van der Waals surface area contributed by atoms with Crippen molar-refractivity contribution in [1.82, 2.24) is 4.90 Å². The van der Waals surface area contributed by atoms with Crippen LogP contribution < -0.4 is 9.47 Å². The number of carbonyl (C=O) groups is 1. The molecule has 0 unspecified atom stereocenters. The monoisotopic (exact) mass is 312 g/mol. The lowest BCUT2D eigenvalue weighted by Gasteiger charge is -2.11. The molecule has 0 saturated carbocycles. The van der Waals surface area contributed by atoms with Gasteiger partial charge in [0.2, 0.25) is 5.11 Å². The summed E-state index contributed by atoms with van der Waals surface area (Å²) in [5, 5.41) is 0.750. The highest BCUT2D eigenvalue weighted by atomic mass is 35.5. The molecule has 0 spiro atoms. The average Bonchev–Trinajstić information content (AvgIpc) is 2.68. The Kier molecular flexibility index (Phi) is 4.25. The highest BCUT2D eigenvalue weighted by Gasteiger charge is 2.27. The molecule has 1 aliphatic rings. The lowest BCUT2D eigenvalue weighted by Crippen LogP contribution is -2.29. The van der Waals surface area contributed by atoms with Gasteiger partial charge in [-0.05, 0) is 23.8 Å². The van der Waals surface area contributed by atoms with Gasteiger partial charge in [-0.3, -0.25) is 9.69 Å². The van der Waals surface area contributed by atoms with Gasteiger partial charge < -0.3 is 9.47 Å². The molecule has 0 aliphatic carbocycles. The van der Waals surface area contributed by atoms with E-state index in [1.165, 1.54) is 19.1 Å². The summed E-state index contributed by atoms with van der Waals surface area (Å²) in [6, 6.07) is 3.38. The molecule has 20 heavy (non-hydrogen) atoms. The summed E-state index contributed by atoms with van der Waals surface area (Å²) in [5.41, 5.74) is 1.10. The standard InChI is InChI=1S/C13H13ClN2O3S/c1-16-12(17)9(15-13(16)20)4-7-5-10(18-2)11(19-3)6-8(7)14/h5-6H,4H2,1-3H3. The van der Waals surface area contributed by atoms with Gasteiger partial charge in [0.25, 0.3) is 5.91 Å². The Labute approximate surface area is 127 Å². The minimum atomic E-state index is -0.208. The number of ether oxygens (including phenoxy) is 2. The number of methoxy groups -OCH3 is 2. The van der Waals surface area contributed by atoms with Crippen molar-refractivity contribution in [3.05, 3.63) is 22.7 Å². The number of hydrogen-bond donors (Lipinski definition) is 0. The van der Waals surface area contributed by atoms with Crippen LogP contribution in [0.15, 0.2) is 17.1 Å². The van der Waals surface area contributed by atoms with Crippen molar-refractivity contribution in [2.24, 2.45) is 4.99 Å². The Morgan fingerprint density at radius 2 is 1.90 bits per heavy atom. The fraction of sp³-hybridized carbons (Fsp3) is 0.308. The predicted octanol–water partition coefficient (Wildman–Crippen LogP) is 2.10. The first kappa shape index (κ1) is 14.7.